The Morgan fingerprint density at radius 3 is 2.09 bits per heavy atom. The van der Waals surface area contributed by atoms with Crippen molar-refractivity contribution in [2.75, 3.05) is 13.2 Å². The van der Waals surface area contributed by atoms with Crippen LogP contribution in [0.2, 0.25) is 0 Å². The molecule has 0 N–H and O–H groups in total. The summed E-state index contributed by atoms with van der Waals surface area (Å²) in [5.41, 5.74) is 0. The van der Waals surface area contributed by atoms with E-state index in [0.717, 1.165) is 13.2 Å². The average Bonchev–Trinajstić information content (AvgIpc) is 1.87. The first-order chi connectivity index (χ1) is 5.20. The molecule has 0 spiro atoms. The zero-order valence-corrected chi connectivity index (χ0v) is 9.14. The average molecular weight is 174 g/mol. The van der Waals surface area contributed by atoms with E-state index in [1.165, 1.54) is 5.20 Å². The SMILES string of the molecule is C=C(C)[SiH2]C(OCC)OCC. The quantitative estimate of drug-likeness (QED) is 0.442. The molecule has 0 saturated heterocycles. The van der Waals surface area contributed by atoms with E-state index in [9.17, 15) is 0 Å². The molecule has 2 nitrogen and oxygen atoms in total. The summed E-state index contributed by atoms with van der Waals surface area (Å²) >= 11 is 0. The van der Waals surface area contributed by atoms with Crippen LogP contribution in [0.1, 0.15) is 20.8 Å². The molecule has 0 rings (SSSR count). The first-order valence-electron chi connectivity index (χ1n) is 4.08. The Balaban J connectivity index is 3.59. The molecule has 0 aliphatic heterocycles. The van der Waals surface area contributed by atoms with Crippen LogP contribution in [0.4, 0.5) is 0 Å². The maximum absolute atomic E-state index is 5.37. The molecule has 0 aromatic heterocycles. The summed E-state index contributed by atoms with van der Waals surface area (Å²) in [5.74, 6) is 0.0440. The number of ether oxygens (including phenoxy) is 2. The third kappa shape index (κ3) is 6.28. The van der Waals surface area contributed by atoms with Crippen molar-refractivity contribution in [2.45, 2.75) is 26.7 Å². The molecule has 0 amide bonds. The molecule has 0 radical (unpaired) electrons. The topological polar surface area (TPSA) is 18.5 Å². The van der Waals surface area contributed by atoms with Gasteiger partial charge < -0.3 is 9.47 Å². The molecule has 0 aliphatic carbocycles. The van der Waals surface area contributed by atoms with Crippen LogP contribution in [-0.2, 0) is 9.47 Å². The molecule has 0 saturated carbocycles. The number of hydrogen-bond donors (Lipinski definition) is 0. The van der Waals surface area contributed by atoms with Crippen molar-refractivity contribution in [2.24, 2.45) is 0 Å². The molecule has 0 heterocycles. The van der Waals surface area contributed by atoms with Gasteiger partial charge in [0.05, 0.1) is 0 Å². The third-order valence-electron chi connectivity index (χ3n) is 1.22. The van der Waals surface area contributed by atoms with E-state index in [0.29, 0.717) is 0 Å². The molecule has 3 heteroatoms. The molecule has 0 aromatic carbocycles. The summed E-state index contributed by atoms with van der Waals surface area (Å²) in [7, 11) is -0.401. The summed E-state index contributed by atoms with van der Waals surface area (Å²) in [4.78, 5) is 0. The molecular weight excluding hydrogens is 156 g/mol. The van der Waals surface area contributed by atoms with Gasteiger partial charge in [-0.15, -0.1) is 6.58 Å². The normalized spacial score (nSPS) is 11.6. The van der Waals surface area contributed by atoms with Crippen molar-refractivity contribution in [3.8, 4) is 0 Å². The molecule has 66 valence electrons. The lowest BCUT2D eigenvalue weighted by atomic mass is 10.8. The lowest BCUT2D eigenvalue weighted by Crippen LogP contribution is -2.25. The first-order valence-corrected chi connectivity index (χ1v) is 5.60. The zero-order chi connectivity index (χ0) is 8.69. The van der Waals surface area contributed by atoms with Crippen molar-refractivity contribution >= 4 is 9.52 Å². The van der Waals surface area contributed by atoms with Gasteiger partial charge in [0.15, 0.2) is 0 Å². The number of hydrogen-bond acceptors (Lipinski definition) is 2. The second kappa shape index (κ2) is 6.58. The van der Waals surface area contributed by atoms with E-state index in [1.54, 1.807) is 0 Å². The van der Waals surface area contributed by atoms with Gasteiger partial charge in [-0.05, 0) is 20.8 Å². The van der Waals surface area contributed by atoms with Crippen LogP contribution >= 0.6 is 0 Å². The minimum atomic E-state index is -0.401. The van der Waals surface area contributed by atoms with E-state index in [1.807, 2.05) is 20.8 Å². The minimum absolute atomic E-state index is 0.0440. The van der Waals surface area contributed by atoms with Gasteiger partial charge in [0.1, 0.15) is 15.4 Å². The van der Waals surface area contributed by atoms with Crippen LogP contribution in [0.15, 0.2) is 11.8 Å². The fourth-order valence-corrected chi connectivity index (χ4v) is 2.10. The lowest BCUT2D eigenvalue weighted by molar-refractivity contribution is -0.0820. The molecular formula is C8H18O2Si. The van der Waals surface area contributed by atoms with Crippen molar-refractivity contribution in [3.05, 3.63) is 11.8 Å². The predicted octanol–water partition coefficient (Wildman–Crippen LogP) is 1.05. The van der Waals surface area contributed by atoms with Crippen molar-refractivity contribution in [1.82, 2.24) is 0 Å². The van der Waals surface area contributed by atoms with E-state index in [-0.39, 0.29) is 5.91 Å². The Hall–Kier alpha value is -0.123. The summed E-state index contributed by atoms with van der Waals surface area (Å²) in [6.45, 7) is 11.3. The van der Waals surface area contributed by atoms with Gasteiger partial charge >= 0.3 is 0 Å². The predicted molar refractivity (Wildman–Crippen MR) is 50.4 cm³/mol. The fraction of sp³-hybridized carbons (Fsp3) is 0.750. The van der Waals surface area contributed by atoms with Crippen LogP contribution in [-0.4, -0.2) is 28.6 Å². The maximum atomic E-state index is 5.37. The zero-order valence-electron chi connectivity index (χ0n) is 7.72. The Morgan fingerprint density at radius 2 is 1.82 bits per heavy atom. The number of rotatable bonds is 6. The molecule has 11 heavy (non-hydrogen) atoms. The Kier molecular flexibility index (Phi) is 6.50. The molecule has 0 aliphatic rings. The molecule has 0 aromatic rings. The highest BCUT2D eigenvalue weighted by atomic mass is 28.2. The smallest absolute Gasteiger partial charge is 0.139 e. The summed E-state index contributed by atoms with van der Waals surface area (Å²) in [5, 5.41) is 1.23. The fourth-order valence-electron chi connectivity index (χ4n) is 0.822. The van der Waals surface area contributed by atoms with Crippen LogP contribution < -0.4 is 0 Å². The Morgan fingerprint density at radius 1 is 1.36 bits per heavy atom. The van der Waals surface area contributed by atoms with Crippen LogP contribution in [0, 0.1) is 0 Å². The highest BCUT2D eigenvalue weighted by molar-refractivity contribution is 6.45. The van der Waals surface area contributed by atoms with Crippen molar-refractivity contribution in [1.29, 1.82) is 0 Å². The Labute approximate surface area is 71.4 Å². The Bertz CT molecular complexity index is 109. The largest absolute Gasteiger partial charge is 0.357 e. The van der Waals surface area contributed by atoms with Gasteiger partial charge in [0.25, 0.3) is 0 Å². The van der Waals surface area contributed by atoms with Crippen molar-refractivity contribution < 1.29 is 9.47 Å². The second-order valence-electron chi connectivity index (χ2n) is 2.50. The van der Waals surface area contributed by atoms with Crippen LogP contribution in [0.25, 0.3) is 0 Å². The summed E-state index contributed by atoms with van der Waals surface area (Å²) < 4.78 is 10.7. The van der Waals surface area contributed by atoms with Crippen LogP contribution in [0.5, 0.6) is 0 Å². The van der Waals surface area contributed by atoms with Gasteiger partial charge in [0, 0.05) is 13.2 Å². The lowest BCUT2D eigenvalue weighted by Gasteiger charge is -2.15. The van der Waals surface area contributed by atoms with E-state index >= 15 is 0 Å². The third-order valence-corrected chi connectivity index (χ3v) is 2.72. The van der Waals surface area contributed by atoms with Crippen molar-refractivity contribution in [3.63, 3.8) is 0 Å². The molecule has 0 unspecified atom stereocenters. The van der Waals surface area contributed by atoms with Gasteiger partial charge in [-0.1, -0.05) is 5.20 Å². The van der Waals surface area contributed by atoms with Gasteiger partial charge in [-0.3, -0.25) is 0 Å². The second-order valence-corrected chi connectivity index (χ2v) is 4.78. The monoisotopic (exact) mass is 174 g/mol. The molecule has 0 fully saturated rings. The minimum Gasteiger partial charge on any atom is -0.357 e. The molecule has 0 bridgehead atoms. The highest BCUT2D eigenvalue weighted by Crippen LogP contribution is 1.97. The van der Waals surface area contributed by atoms with E-state index < -0.39 is 9.52 Å². The van der Waals surface area contributed by atoms with Gasteiger partial charge in [-0.25, -0.2) is 0 Å². The highest BCUT2D eigenvalue weighted by Gasteiger charge is 2.07. The summed E-state index contributed by atoms with van der Waals surface area (Å²) in [6, 6.07) is 0. The standard InChI is InChI=1S/C8H18O2Si/c1-5-9-8(10-6-2)11-7(3)4/h8H,3,5-6,11H2,1-2,4H3. The van der Waals surface area contributed by atoms with E-state index in [4.69, 9.17) is 9.47 Å². The van der Waals surface area contributed by atoms with E-state index in [2.05, 4.69) is 6.58 Å². The number of allylic oxidation sites excluding steroid dienone is 1. The first kappa shape index (κ1) is 10.9. The maximum Gasteiger partial charge on any atom is 0.139 e. The summed E-state index contributed by atoms with van der Waals surface area (Å²) in [6.07, 6.45) is 0. The molecule has 0 atom stereocenters. The van der Waals surface area contributed by atoms with Gasteiger partial charge in [-0.2, -0.15) is 0 Å². The van der Waals surface area contributed by atoms with Crippen LogP contribution in [0.3, 0.4) is 0 Å². The van der Waals surface area contributed by atoms with Gasteiger partial charge in [0.2, 0.25) is 0 Å².